The van der Waals surface area contributed by atoms with Gasteiger partial charge in [0.05, 0.1) is 12.8 Å². The molecule has 1 N–H and O–H groups in total. The zero-order valence-electron chi connectivity index (χ0n) is 13.2. The molecule has 0 radical (unpaired) electrons. The van der Waals surface area contributed by atoms with Crippen LogP contribution in [0.1, 0.15) is 29.8 Å². The molecule has 1 aliphatic heterocycles. The molecular formula is C15H20N4O3S. The van der Waals surface area contributed by atoms with Gasteiger partial charge in [-0.3, -0.25) is 0 Å². The minimum Gasteiger partial charge on any atom is -0.376 e. The summed E-state index contributed by atoms with van der Waals surface area (Å²) in [6, 6.07) is 5.89. The van der Waals surface area contributed by atoms with E-state index >= 15 is 0 Å². The van der Waals surface area contributed by atoms with Gasteiger partial charge in [-0.2, -0.15) is 9.29 Å². The Morgan fingerprint density at radius 2 is 2.22 bits per heavy atom. The molecule has 0 saturated carbocycles. The highest BCUT2D eigenvalue weighted by molar-refractivity contribution is 7.88. The van der Waals surface area contributed by atoms with E-state index in [1.807, 2.05) is 25.1 Å². The van der Waals surface area contributed by atoms with Gasteiger partial charge in [-0.25, -0.2) is 8.42 Å². The summed E-state index contributed by atoms with van der Waals surface area (Å²) in [5, 5.41) is 7.19. The zero-order chi connectivity index (χ0) is 16.4. The molecule has 2 aromatic rings. The van der Waals surface area contributed by atoms with E-state index in [0.717, 1.165) is 23.2 Å². The Labute approximate surface area is 135 Å². The van der Waals surface area contributed by atoms with Crippen molar-refractivity contribution in [2.75, 3.05) is 18.1 Å². The lowest BCUT2D eigenvalue weighted by Crippen LogP contribution is -2.35. The van der Waals surface area contributed by atoms with Crippen LogP contribution >= 0.6 is 0 Å². The number of aryl methyl sites for hydroxylation is 1. The van der Waals surface area contributed by atoms with Crippen LogP contribution in [-0.4, -0.2) is 35.7 Å². The Morgan fingerprint density at radius 3 is 2.91 bits per heavy atom. The van der Waals surface area contributed by atoms with Gasteiger partial charge in [0.25, 0.3) is 0 Å². The Kier molecular flexibility index (Phi) is 4.36. The first-order valence-electron chi connectivity index (χ1n) is 7.58. The van der Waals surface area contributed by atoms with E-state index in [1.165, 1.54) is 10.6 Å². The molecule has 2 heterocycles. The summed E-state index contributed by atoms with van der Waals surface area (Å²) in [4.78, 5) is 4.27. The summed E-state index contributed by atoms with van der Waals surface area (Å²) in [6.45, 7) is 3.36. The van der Waals surface area contributed by atoms with E-state index < -0.39 is 10.0 Å². The lowest BCUT2D eigenvalue weighted by atomic mass is 9.99. The van der Waals surface area contributed by atoms with Gasteiger partial charge >= 0.3 is 0 Å². The summed E-state index contributed by atoms with van der Waals surface area (Å²) < 4.78 is 30.1. The predicted octanol–water partition coefficient (Wildman–Crippen LogP) is 1.56. The van der Waals surface area contributed by atoms with Gasteiger partial charge in [-0.1, -0.05) is 24.2 Å². The van der Waals surface area contributed by atoms with Gasteiger partial charge in [0.1, 0.15) is 0 Å². The van der Waals surface area contributed by atoms with Gasteiger partial charge in [-0.15, -0.1) is 0 Å². The number of fused-ring (bicyclic) bond motifs is 1. The maximum absolute atomic E-state index is 11.7. The number of benzene rings is 1. The number of nitrogens with one attached hydrogen (secondary N) is 1. The molecule has 1 aromatic heterocycles. The first-order chi connectivity index (χ1) is 11.0. The minimum absolute atomic E-state index is 0.421. The molecular weight excluding hydrogens is 316 g/mol. The van der Waals surface area contributed by atoms with Crippen LogP contribution < -0.4 is 5.32 Å². The maximum atomic E-state index is 11.7. The fourth-order valence-electron chi connectivity index (χ4n) is 2.71. The molecule has 1 aromatic carbocycles. The quantitative estimate of drug-likeness (QED) is 0.891. The smallest absolute Gasteiger partial charge is 0.245 e. The summed E-state index contributed by atoms with van der Waals surface area (Å²) in [5.74, 6) is 1.24. The highest BCUT2D eigenvalue weighted by Crippen LogP contribution is 2.27. The standard InChI is InChI=1S/C15H20N4O3S/c1-3-14-17-15(22-18-14)9-16-13-6-4-5-11-10-19(23(2,20)21)8-7-12(11)13/h4-6,16H,3,7-10H2,1-2H3. The van der Waals surface area contributed by atoms with Crippen molar-refractivity contribution in [3.05, 3.63) is 41.0 Å². The third-order valence-electron chi connectivity index (χ3n) is 3.96. The summed E-state index contributed by atoms with van der Waals surface area (Å²) in [7, 11) is -3.16. The second kappa shape index (κ2) is 6.29. The van der Waals surface area contributed by atoms with Crippen LogP contribution in [0, 0.1) is 0 Å². The average molecular weight is 336 g/mol. The van der Waals surface area contributed by atoms with Crippen LogP contribution in [0.3, 0.4) is 0 Å². The molecule has 7 nitrogen and oxygen atoms in total. The second-order valence-electron chi connectivity index (χ2n) is 5.60. The van der Waals surface area contributed by atoms with Crippen LogP contribution in [0.15, 0.2) is 22.7 Å². The number of anilines is 1. The summed E-state index contributed by atoms with van der Waals surface area (Å²) >= 11 is 0. The number of hydrogen-bond acceptors (Lipinski definition) is 6. The highest BCUT2D eigenvalue weighted by Gasteiger charge is 2.24. The lowest BCUT2D eigenvalue weighted by Gasteiger charge is -2.28. The highest BCUT2D eigenvalue weighted by atomic mass is 32.2. The molecule has 0 bridgehead atoms. The van der Waals surface area contributed by atoms with Crippen molar-refractivity contribution in [3.8, 4) is 0 Å². The predicted molar refractivity (Wildman–Crippen MR) is 86.4 cm³/mol. The Morgan fingerprint density at radius 1 is 1.39 bits per heavy atom. The molecule has 0 unspecified atom stereocenters. The fraction of sp³-hybridized carbons (Fsp3) is 0.467. The number of aromatic nitrogens is 2. The van der Waals surface area contributed by atoms with E-state index in [0.29, 0.717) is 37.8 Å². The van der Waals surface area contributed by atoms with Gasteiger partial charge in [0.2, 0.25) is 15.9 Å². The monoisotopic (exact) mass is 336 g/mol. The van der Waals surface area contributed by atoms with E-state index in [2.05, 4.69) is 15.5 Å². The van der Waals surface area contributed by atoms with Gasteiger partial charge < -0.3 is 9.84 Å². The van der Waals surface area contributed by atoms with Crippen molar-refractivity contribution in [3.63, 3.8) is 0 Å². The van der Waals surface area contributed by atoms with Crippen LogP contribution in [0.4, 0.5) is 5.69 Å². The number of nitrogens with zero attached hydrogens (tertiary/aromatic N) is 3. The molecule has 0 saturated heterocycles. The molecule has 23 heavy (non-hydrogen) atoms. The normalized spacial score (nSPS) is 15.4. The van der Waals surface area contributed by atoms with Gasteiger partial charge in [-0.05, 0) is 23.6 Å². The molecule has 124 valence electrons. The van der Waals surface area contributed by atoms with E-state index in [4.69, 9.17) is 4.52 Å². The number of sulfonamides is 1. The second-order valence-corrected chi connectivity index (χ2v) is 7.58. The Balaban J connectivity index is 1.75. The van der Waals surface area contributed by atoms with Crippen molar-refractivity contribution in [1.82, 2.24) is 14.4 Å². The van der Waals surface area contributed by atoms with Gasteiger partial charge in [0.15, 0.2) is 5.82 Å². The number of rotatable bonds is 5. The number of hydrogen-bond donors (Lipinski definition) is 1. The molecule has 0 spiro atoms. The van der Waals surface area contributed by atoms with E-state index in [9.17, 15) is 8.42 Å². The van der Waals surface area contributed by atoms with Crippen molar-refractivity contribution in [1.29, 1.82) is 0 Å². The van der Waals surface area contributed by atoms with Crippen molar-refractivity contribution in [2.24, 2.45) is 0 Å². The van der Waals surface area contributed by atoms with Crippen molar-refractivity contribution >= 4 is 15.7 Å². The lowest BCUT2D eigenvalue weighted by molar-refractivity contribution is 0.378. The van der Waals surface area contributed by atoms with Crippen LogP contribution in [0.2, 0.25) is 0 Å². The van der Waals surface area contributed by atoms with Gasteiger partial charge in [0, 0.05) is 25.2 Å². The maximum Gasteiger partial charge on any atom is 0.245 e. The fourth-order valence-corrected chi connectivity index (χ4v) is 3.51. The van der Waals surface area contributed by atoms with Crippen LogP contribution in [-0.2, 0) is 36.0 Å². The summed E-state index contributed by atoms with van der Waals surface area (Å²) in [6.07, 6.45) is 2.68. The molecule has 0 atom stereocenters. The van der Waals surface area contributed by atoms with Crippen molar-refractivity contribution < 1.29 is 12.9 Å². The third kappa shape index (κ3) is 3.53. The van der Waals surface area contributed by atoms with Crippen LogP contribution in [0.25, 0.3) is 0 Å². The molecule has 0 aliphatic carbocycles. The van der Waals surface area contributed by atoms with E-state index in [1.54, 1.807) is 0 Å². The molecule has 3 rings (SSSR count). The SMILES string of the molecule is CCc1noc(CNc2cccc3c2CCN(S(C)(=O)=O)C3)n1. The molecule has 0 fully saturated rings. The molecule has 0 amide bonds. The van der Waals surface area contributed by atoms with Crippen molar-refractivity contribution in [2.45, 2.75) is 32.9 Å². The average Bonchev–Trinajstić information content (AvgIpc) is 2.99. The third-order valence-corrected chi connectivity index (χ3v) is 5.21. The van der Waals surface area contributed by atoms with E-state index in [-0.39, 0.29) is 0 Å². The molecule has 1 aliphatic rings. The molecule has 8 heteroatoms. The Hall–Kier alpha value is -1.93. The van der Waals surface area contributed by atoms with Crippen LogP contribution in [0.5, 0.6) is 0 Å². The summed E-state index contributed by atoms with van der Waals surface area (Å²) in [5.41, 5.74) is 3.18. The first kappa shape index (κ1) is 15.9. The Bertz CT molecular complexity index is 801. The minimum atomic E-state index is -3.16. The first-order valence-corrected chi connectivity index (χ1v) is 9.43. The zero-order valence-corrected chi connectivity index (χ0v) is 14.1. The largest absolute Gasteiger partial charge is 0.376 e. The topological polar surface area (TPSA) is 88.3 Å².